The number of carbonyl (C=O) groups is 1. The van der Waals surface area contributed by atoms with Crippen LogP contribution in [0, 0.1) is 0 Å². The lowest BCUT2D eigenvalue weighted by Gasteiger charge is -1.85. The molecule has 2 nitrogen and oxygen atoms in total. The molecule has 0 fully saturated rings. The standard InChI is InChI=1S/C5H10O2.Al.3H/c1-2-3-4-5(6)7;;;;/h2-4H2,1H3,(H,6,7);;;;. The fourth-order valence-electron chi connectivity index (χ4n) is 0.328. The summed E-state index contributed by atoms with van der Waals surface area (Å²) in [6, 6.07) is 0. The average molecular weight is 132 g/mol. The van der Waals surface area contributed by atoms with E-state index in [1.165, 1.54) is 0 Å². The van der Waals surface area contributed by atoms with Crippen molar-refractivity contribution in [2.75, 3.05) is 0 Å². The molecule has 1 N–H and O–H groups in total. The molecule has 0 amide bonds. The molecule has 0 aromatic rings. The van der Waals surface area contributed by atoms with Gasteiger partial charge in [0.2, 0.25) is 0 Å². The summed E-state index contributed by atoms with van der Waals surface area (Å²) in [7, 11) is 0. The lowest BCUT2D eigenvalue weighted by atomic mass is 10.3. The van der Waals surface area contributed by atoms with Gasteiger partial charge < -0.3 is 5.11 Å². The highest BCUT2D eigenvalue weighted by atomic mass is 27.0. The number of hydrogen-bond acceptors (Lipinski definition) is 1. The van der Waals surface area contributed by atoms with Crippen LogP contribution in [0.15, 0.2) is 0 Å². The highest BCUT2D eigenvalue weighted by Gasteiger charge is 1.90. The lowest BCUT2D eigenvalue weighted by molar-refractivity contribution is -0.137. The monoisotopic (exact) mass is 132 g/mol. The van der Waals surface area contributed by atoms with Gasteiger partial charge in [-0.3, -0.25) is 4.79 Å². The molecule has 0 aliphatic carbocycles. The zero-order valence-corrected chi connectivity index (χ0v) is 4.48. The summed E-state index contributed by atoms with van der Waals surface area (Å²) in [5, 5.41) is 8.04. The van der Waals surface area contributed by atoms with Crippen molar-refractivity contribution in [3.63, 3.8) is 0 Å². The van der Waals surface area contributed by atoms with Crippen molar-refractivity contribution in [2.45, 2.75) is 26.2 Å². The van der Waals surface area contributed by atoms with Crippen LogP contribution in [0.1, 0.15) is 26.2 Å². The normalized spacial score (nSPS) is 7.62. The molecule has 0 aliphatic heterocycles. The van der Waals surface area contributed by atoms with Crippen molar-refractivity contribution in [1.82, 2.24) is 0 Å². The summed E-state index contributed by atoms with van der Waals surface area (Å²) in [5.41, 5.74) is 0. The van der Waals surface area contributed by atoms with Crippen LogP contribution in [0.25, 0.3) is 0 Å². The van der Waals surface area contributed by atoms with Crippen molar-refractivity contribution in [1.29, 1.82) is 0 Å². The largest absolute Gasteiger partial charge is 0.481 e. The van der Waals surface area contributed by atoms with Crippen molar-refractivity contribution in [3.05, 3.63) is 0 Å². The fraction of sp³-hybridized carbons (Fsp3) is 0.800. The van der Waals surface area contributed by atoms with Crippen LogP contribution in [0.2, 0.25) is 0 Å². The van der Waals surface area contributed by atoms with Crippen LogP contribution in [0.5, 0.6) is 0 Å². The second-order valence-electron chi connectivity index (χ2n) is 1.50. The third-order valence-corrected chi connectivity index (χ3v) is 0.744. The van der Waals surface area contributed by atoms with E-state index in [1.807, 2.05) is 6.92 Å². The number of hydrogen-bond donors (Lipinski definition) is 1. The molecule has 0 spiro atoms. The first-order valence-electron chi connectivity index (χ1n) is 2.49. The first kappa shape index (κ1) is 10.9. The molecule has 0 unspecified atom stereocenters. The summed E-state index contributed by atoms with van der Waals surface area (Å²) in [6.45, 7) is 1.98. The molecule has 0 aromatic carbocycles. The minimum absolute atomic E-state index is 0. The number of carboxylic acids is 1. The molecule has 0 saturated carbocycles. The maximum absolute atomic E-state index is 9.76. The van der Waals surface area contributed by atoms with Gasteiger partial charge in [-0.2, -0.15) is 0 Å². The summed E-state index contributed by atoms with van der Waals surface area (Å²) in [5.74, 6) is -0.693. The molecule has 0 heterocycles. The Kier molecular flexibility index (Phi) is 9.53. The third-order valence-electron chi connectivity index (χ3n) is 0.744. The number of aliphatic carboxylic acids is 1. The van der Waals surface area contributed by atoms with Gasteiger partial charge in [0.25, 0.3) is 0 Å². The van der Waals surface area contributed by atoms with E-state index < -0.39 is 5.97 Å². The summed E-state index contributed by atoms with van der Waals surface area (Å²) < 4.78 is 0. The molecule has 0 rings (SSSR count). The van der Waals surface area contributed by atoms with Crippen LogP contribution in [0.3, 0.4) is 0 Å². The van der Waals surface area contributed by atoms with Crippen molar-refractivity contribution >= 4 is 23.3 Å². The predicted octanol–water partition coefficient (Wildman–Crippen LogP) is 0.0773. The van der Waals surface area contributed by atoms with Crippen LogP contribution >= 0.6 is 0 Å². The maximum atomic E-state index is 9.76. The lowest BCUT2D eigenvalue weighted by Crippen LogP contribution is -1.91. The van der Waals surface area contributed by atoms with E-state index in [-0.39, 0.29) is 17.4 Å². The number of rotatable bonds is 3. The van der Waals surface area contributed by atoms with Crippen LogP contribution in [-0.4, -0.2) is 28.4 Å². The van der Waals surface area contributed by atoms with Crippen molar-refractivity contribution in [2.24, 2.45) is 0 Å². The first-order chi connectivity index (χ1) is 3.27. The minimum Gasteiger partial charge on any atom is -0.481 e. The number of carboxylic acid groups (broad SMARTS) is 1. The molecule has 48 valence electrons. The molecule has 0 saturated heterocycles. The molecular formula is C5H13AlO2. The van der Waals surface area contributed by atoms with Crippen molar-refractivity contribution < 1.29 is 9.90 Å². The predicted molar refractivity (Wildman–Crippen MR) is 37.1 cm³/mol. The molecule has 3 heteroatoms. The van der Waals surface area contributed by atoms with Gasteiger partial charge >= 0.3 is 5.97 Å². The highest BCUT2D eigenvalue weighted by molar-refractivity contribution is 5.75. The molecule has 0 atom stereocenters. The van der Waals surface area contributed by atoms with Gasteiger partial charge in [-0.1, -0.05) is 13.3 Å². The van der Waals surface area contributed by atoms with Gasteiger partial charge in [0.1, 0.15) is 0 Å². The van der Waals surface area contributed by atoms with Crippen LogP contribution in [0.4, 0.5) is 0 Å². The summed E-state index contributed by atoms with van der Waals surface area (Å²) in [6.07, 6.45) is 2.08. The SMILES string of the molecule is CCCCC(=O)O.[AlH3]. The molecule has 0 aromatic heterocycles. The van der Waals surface area contributed by atoms with Gasteiger partial charge in [-0.25, -0.2) is 0 Å². The van der Waals surface area contributed by atoms with Gasteiger partial charge in [-0.05, 0) is 6.42 Å². The summed E-state index contributed by atoms with van der Waals surface area (Å²) >= 11 is 0. The van der Waals surface area contributed by atoms with Crippen molar-refractivity contribution in [3.8, 4) is 0 Å². The zero-order chi connectivity index (χ0) is 5.70. The van der Waals surface area contributed by atoms with E-state index in [9.17, 15) is 4.79 Å². The Labute approximate surface area is 60.0 Å². The highest BCUT2D eigenvalue weighted by Crippen LogP contribution is 1.91. The Balaban J connectivity index is 0. The van der Waals surface area contributed by atoms with Crippen LogP contribution in [-0.2, 0) is 4.79 Å². The van der Waals surface area contributed by atoms with E-state index in [0.717, 1.165) is 12.8 Å². The van der Waals surface area contributed by atoms with E-state index in [2.05, 4.69) is 0 Å². The molecular weight excluding hydrogens is 119 g/mol. The van der Waals surface area contributed by atoms with Crippen LogP contribution < -0.4 is 0 Å². The second kappa shape index (κ2) is 7.00. The Morgan fingerprint density at radius 1 is 1.62 bits per heavy atom. The average Bonchev–Trinajstić information content (AvgIpc) is 1.61. The molecule has 0 bridgehead atoms. The maximum Gasteiger partial charge on any atom is 0.303 e. The zero-order valence-electron chi connectivity index (χ0n) is 4.48. The van der Waals surface area contributed by atoms with E-state index >= 15 is 0 Å². The van der Waals surface area contributed by atoms with E-state index in [1.54, 1.807) is 0 Å². The Morgan fingerprint density at radius 2 is 2.12 bits per heavy atom. The third kappa shape index (κ3) is 9.38. The van der Waals surface area contributed by atoms with Gasteiger partial charge in [0.05, 0.1) is 0 Å². The first-order valence-corrected chi connectivity index (χ1v) is 2.49. The fourth-order valence-corrected chi connectivity index (χ4v) is 0.328. The Bertz CT molecular complexity index is 63.4. The molecule has 0 aliphatic rings. The smallest absolute Gasteiger partial charge is 0.303 e. The van der Waals surface area contributed by atoms with Gasteiger partial charge in [0, 0.05) is 6.42 Å². The topological polar surface area (TPSA) is 37.3 Å². The van der Waals surface area contributed by atoms with Gasteiger partial charge in [-0.15, -0.1) is 0 Å². The Hall–Kier alpha value is 0.00247. The Morgan fingerprint density at radius 3 is 2.25 bits per heavy atom. The second-order valence-corrected chi connectivity index (χ2v) is 1.50. The molecule has 8 heavy (non-hydrogen) atoms. The molecule has 0 radical (unpaired) electrons. The summed E-state index contributed by atoms with van der Waals surface area (Å²) in [4.78, 5) is 9.76. The van der Waals surface area contributed by atoms with E-state index in [4.69, 9.17) is 5.11 Å². The van der Waals surface area contributed by atoms with Gasteiger partial charge in [0.15, 0.2) is 17.4 Å². The van der Waals surface area contributed by atoms with E-state index in [0.29, 0.717) is 6.42 Å². The minimum atomic E-state index is -0.693. The quantitative estimate of drug-likeness (QED) is 0.552. The number of unbranched alkanes of at least 4 members (excludes halogenated alkanes) is 1.